The molecule has 0 saturated heterocycles. The predicted octanol–water partition coefficient (Wildman–Crippen LogP) is 1.08. The van der Waals surface area contributed by atoms with Crippen LogP contribution in [0, 0.1) is 11.8 Å². The van der Waals surface area contributed by atoms with E-state index in [0.717, 1.165) is 24.7 Å². The molecule has 1 saturated carbocycles. The molecule has 0 aromatic rings. The lowest BCUT2D eigenvalue weighted by Gasteiger charge is -2.31. The van der Waals surface area contributed by atoms with Gasteiger partial charge in [-0.2, -0.15) is 0 Å². The van der Waals surface area contributed by atoms with Crippen LogP contribution < -0.4 is 10.5 Å². The third-order valence-corrected chi connectivity index (χ3v) is 4.31. The molecule has 96 valence electrons. The van der Waals surface area contributed by atoms with Gasteiger partial charge in [0.15, 0.2) is 0 Å². The van der Waals surface area contributed by atoms with Crippen molar-refractivity contribution in [2.75, 3.05) is 12.3 Å². The first kappa shape index (κ1) is 13.9. The minimum Gasteiger partial charge on any atom is -0.313 e. The highest BCUT2D eigenvalue weighted by atomic mass is 32.2. The van der Waals surface area contributed by atoms with E-state index in [1.54, 1.807) is 0 Å². The van der Waals surface area contributed by atoms with E-state index in [1.165, 1.54) is 12.8 Å². The summed E-state index contributed by atoms with van der Waals surface area (Å²) in [6, 6.07) is 0.483. The average molecular weight is 248 g/mol. The van der Waals surface area contributed by atoms with Gasteiger partial charge in [-0.25, -0.2) is 13.6 Å². The lowest BCUT2D eigenvalue weighted by atomic mass is 9.80. The Morgan fingerprint density at radius 1 is 1.25 bits per heavy atom. The summed E-state index contributed by atoms with van der Waals surface area (Å²) in [4.78, 5) is 0. The lowest BCUT2D eigenvalue weighted by molar-refractivity contribution is 0.240. The lowest BCUT2D eigenvalue weighted by Crippen LogP contribution is -2.37. The van der Waals surface area contributed by atoms with Crippen LogP contribution in [0.1, 0.15) is 39.5 Å². The summed E-state index contributed by atoms with van der Waals surface area (Å²) in [6.07, 6.45) is 4.83. The Labute approximate surface area is 99.0 Å². The van der Waals surface area contributed by atoms with Crippen LogP contribution in [0.15, 0.2) is 0 Å². The van der Waals surface area contributed by atoms with Gasteiger partial charge in [-0.05, 0) is 37.5 Å². The van der Waals surface area contributed by atoms with Crippen LogP contribution in [0.2, 0.25) is 0 Å². The molecule has 3 N–H and O–H groups in total. The second kappa shape index (κ2) is 5.98. The Bertz CT molecular complexity index is 293. The van der Waals surface area contributed by atoms with Gasteiger partial charge < -0.3 is 5.32 Å². The SMILES string of the molecule is CC(C)C1CCC(NCCS(N)(=O)=O)CC1. The molecule has 0 aromatic carbocycles. The number of nitrogens with one attached hydrogen (secondary N) is 1. The number of primary sulfonamides is 1. The number of hydrogen-bond acceptors (Lipinski definition) is 3. The summed E-state index contributed by atoms with van der Waals surface area (Å²) in [5.74, 6) is 1.65. The molecule has 0 radical (unpaired) electrons. The Hall–Kier alpha value is -0.130. The Balaban J connectivity index is 2.18. The standard InChI is InChI=1S/C11H24N2O2S/c1-9(2)10-3-5-11(6-4-10)13-7-8-16(12,14)15/h9-11,13H,3-8H2,1-2H3,(H2,12,14,15). The van der Waals surface area contributed by atoms with Crippen molar-refractivity contribution in [3.8, 4) is 0 Å². The van der Waals surface area contributed by atoms with E-state index in [1.807, 2.05) is 0 Å². The molecule has 1 aliphatic carbocycles. The second-order valence-corrected chi connectivity index (χ2v) is 6.91. The number of hydrogen-bond donors (Lipinski definition) is 2. The smallest absolute Gasteiger partial charge is 0.210 e. The summed E-state index contributed by atoms with van der Waals surface area (Å²) in [6.45, 7) is 5.04. The van der Waals surface area contributed by atoms with Crippen molar-refractivity contribution in [3.63, 3.8) is 0 Å². The Morgan fingerprint density at radius 3 is 2.25 bits per heavy atom. The van der Waals surface area contributed by atoms with Gasteiger partial charge in [0.2, 0.25) is 10.0 Å². The zero-order valence-corrected chi connectivity index (χ0v) is 11.1. The molecule has 0 heterocycles. The largest absolute Gasteiger partial charge is 0.313 e. The fraction of sp³-hybridized carbons (Fsp3) is 1.00. The van der Waals surface area contributed by atoms with Gasteiger partial charge in [-0.3, -0.25) is 0 Å². The first-order valence-corrected chi connectivity index (χ1v) is 7.84. The van der Waals surface area contributed by atoms with E-state index < -0.39 is 10.0 Å². The molecule has 0 bridgehead atoms. The van der Waals surface area contributed by atoms with Crippen LogP contribution in [0.25, 0.3) is 0 Å². The molecule has 16 heavy (non-hydrogen) atoms. The quantitative estimate of drug-likeness (QED) is 0.764. The van der Waals surface area contributed by atoms with Crippen molar-refractivity contribution < 1.29 is 8.42 Å². The molecular weight excluding hydrogens is 224 g/mol. The minimum absolute atomic E-state index is 0.0388. The number of sulfonamides is 1. The zero-order valence-electron chi connectivity index (χ0n) is 10.3. The average Bonchev–Trinajstić information content (AvgIpc) is 2.16. The maximum Gasteiger partial charge on any atom is 0.210 e. The van der Waals surface area contributed by atoms with E-state index in [2.05, 4.69) is 19.2 Å². The van der Waals surface area contributed by atoms with E-state index in [9.17, 15) is 8.42 Å². The summed E-state index contributed by atoms with van der Waals surface area (Å²) >= 11 is 0. The second-order valence-electron chi connectivity index (χ2n) is 5.18. The highest BCUT2D eigenvalue weighted by molar-refractivity contribution is 7.89. The van der Waals surface area contributed by atoms with Gasteiger partial charge in [0, 0.05) is 12.6 Å². The third-order valence-electron chi connectivity index (χ3n) is 3.53. The first-order valence-electron chi connectivity index (χ1n) is 6.12. The normalized spacial score (nSPS) is 27.2. The van der Waals surface area contributed by atoms with Gasteiger partial charge >= 0.3 is 0 Å². The van der Waals surface area contributed by atoms with E-state index in [-0.39, 0.29) is 5.75 Å². The third kappa shape index (κ3) is 5.27. The van der Waals surface area contributed by atoms with Crippen LogP contribution in [0.3, 0.4) is 0 Å². The molecule has 0 aliphatic heterocycles. The molecule has 0 atom stereocenters. The van der Waals surface area contributed by atoms with E-state index in [0.29, 0.717) is 12.6 Å². The summed E-state index contributed by atoms with van der Waals surface area (Å²) in [7, 11) is -3.31. The summed E-state index contributed by atoms with van der Waals surface area (Å²) < 4.78 is 21.5. The molecule has 0 amide bonds. The fourth-order valence-electron chi connectivity index (χ4n) is 2.40. The number of nitrogens with two attached hydrogens (primary N) is 1. The molecule has 0 aromatic heterocycles. The van der Waals surface area contributed by atoms with Gasteiger partial charge in [-0.15, -0.1) is 0 Å². The van der Waals surface area contributed by atoms with Crippen molar-refractivity contribution in [2.24, 2.45) is 17.0 Å². The van der Waals surface area contributed by atoms with E-state index in [4.69, 9.17) is 5.14 Å². The van der Waals surface area contributed by atoms with Gasteiger partial charge in [-0.1, -0.05) is 13.8 Å². The highest BCUT2D eigenvalue weighted by Crippen LogP contribution is 2.29. The number of rotatable bonds is 5. The van der Waals surface area contributed by atoms with Crippen molar-refractivity contribution >= 4 is 10.0 Å². The van der Waals surface area contributed by atoms with Gasteiger partial charge in [0.05, 0.1) is 5.75 Å². The predicted molar refractivity (Wildman–Crippen MR) is 66.6 cm³/mol. The van der Waals surface area contributed by atoms with Crippen molar-refractivity contribution in [2.45, 2.75) is 45.6 Å². The van der Waals surface area contributed by atoms with Crippen molar-refractivity contribution in [1.29, 1.82) is 0 Å². The van der Waals surface area contributed by atoms with Crippen LogP contribution in [-0.4, -0.2) is 26.8 Å². The van der Waals surface area contributed by atoms with Crippen LogP contribution in [-0.2, 0) is 10.0 Å². The van der Waals surface area contributed by atoms with Gasteiger partial charge in [0.25, 0.3) is 0 Å². The molecule has 1 aliphatic rings. The summed E-state index contributed by atoms with van der Waals surface area (Å²) in [5.41, 5.74) is 0. The van der Waals surface area contributed by atoms with Crippen molar-refractivity contribution in [1.82, 2.24) is 5.32 Å². The monoisotopic (exact) mass is 248 g/mol. The molecule has 0 spiro atoms. The molecule has 4 nitrogen and oxygen atoms in total. The molecule has 1 rings (SSSR count). The van der Waals surface area contributed by atoms with E-state index >= 15 is 0 Å². The minimum atomic E-state index is -3.31. The van der Waals surface area contributed by atoms with Gasteiger partial charge in [0.1, 0.15) is 0 Å². The molecule has 0 unspecified atom stereocenters. The van der Waals surface area contributed by atoms with Crippen LogP contribution in [0.4, 0.5) is 0 Å². The van der Waals surface area contributed by atoms with Crippen LogP contribution in [0.5, 0.6) is 0 Å². The topological polar surface area (TPSA) is 72.2 Å². The Kier molecular flexibility index (Phi) is 5.21. The highest BCUT2D eigenvalue weighted by Gasteiger charge is 2.22. The maximum absolute atomic E-state index is 10.8. The molecule has 1 fully saturated rings. The van der Waals surface area contributed by atoms with Crippen LogP contribution >= 0.6 is 0 Å². The Morgan fingerprint density at radius 2 is 1.81 bits per heavy atom. The first-order chi connectivity index (χ1) is 7.38. The molecule has 5 heteroatoms. The zero-order chi connectivity index (χ0) is 12.2. The maximum atomic E-state index is 10.8. The summed E-state index contributed by atoms with van der Waals surface area (Å²) in [5, 5.41) is 8.22. The fourth-order valence-corrected chi connectivity index (χ4v) is 2.80. The molecular formula is C11H24N2O2S. The van der Waals surface area contributed by atoms with Crippen molar-refractivity contribution in [3.05, 3.63) is 0 Å².